The zero-order valence-electron chi connectivity index (χ0n) is 11.8. The summed E-state index contributed by atoms with van der Waals surface area (Å²) in [5, 5.41) is 0. The maximum atomic E-state index is 11.5. The molecule has 1 saturated heterocycles. The van der Waals surface area contributed by atoms with Crippen molar-refractivity contribution in [1.82, 2.24) is 4.90 Å². The van der Waals surface area contributed by atoms with Crippen LogP contribution in [0.4, 0.5) is 10.5 Å². The van der Waals surface area contributed by atoms with Crippen LogP contribution in [0, 0.1) is 0 Å². The molecule has 1 aromatic carbocycles. The number of fused-ring (bicyclic) bond motifs is 1. The molecular weight excluding hydrogens is 256 g/mol. The second kappa shape index (κ2) is 5.61. The average molecular weight is 276 g/mol. The summed E-state index contributed by atoms with van der Waals surface area (Å²) in [6, 6.07) is 6.20. The van der Waals surface area contributed by atoms with Gasteiger partial charge in [0.1, 0.15) is 12.4 Å². The number of carbonyl (C=O) groups is 1. The van der Waals surface area contributed by atoms with E-state index in [4.69, 9.17) is 9.47 Å². The molecule has 0 spiro atoms. The fourth-order valence-corrected chi connectivity index (χ4v) is 2.96. The highest BCUT2D eigenvalue weighted by atomic mass is 16.6. The summed E-state index contributed by atoms with van der Waals surface area (Å²) in [5.41, 5.74) is 2.52. The van der Waals surface area contributed by atoms with Crippen molar-refractivity contribution in [2.45, 2.75) is 12.8 Å². The highest BCUT2D eigenvalue weighted by molar-refractivity contribution is 5.69. The summed E-state index contributed by atoms with van der Waals surface area (Å²) >= 11 is 0. The minimum absolute atomic E-state index is 0.192. The van der Waals surface area contributed by atoms with E-state index in [1.807, 2.05) is 12.1 Å². The van der Waals surface area contributed by atoms with E-state index in [9.17, 15) is 4.79 Å². The van der Waals surface area contributed by atoms with Crippen molar-refractivity contribution in [2.75, 3.05) is 44.8 Å². The van der Waals surface area contributed by atoms with Crippen LogP contribution in [0.2, 0.25) is 0 Å². The Balaban J connectivity index is 1.74. The van der Waals surface area contributed by atoms with Gasteiger partial charge in [-0.3, -0.25) is 0 Å². The van der Waals surface area contributed by atoms with Gasteiger partial charge in [0.05, 0.1) is 19.3 Å². The number of hydrogen-bond donors (Lipinski definition) is 0. The van der Waals surface area contributed by atoms with E-state index in [0.29, 0.717) is 19.7 Å². The Morgan fingerprint density at radius 1 is 1.25 bits per heavy atom. The Kier molecular flexibility index (Phi) is 3.67. The van der Waals surface area contributed by atoms with Gasteiger partial charge in [-0.2, -0.15) is 0 Å². The summed E-state index contributed by atoms with van der Waals surface area (Å²) in [5.74, 6) is 0.922. The number of anilines is 1. The Morgan fingerprint density at radius 3 is 2.85 bits per heavy atom. The topological polar surface area (TPSA) is 42.0 Å². The molecule has 2 aliphatic rings. The molecule has 1 amide bonds. The van der Waals surface area contributed by atoms with Crippen LogP contribution in [0.15, 0.2) is 18.2 Å². The number of hydrogen-bond acceptors (Lipinski definition) is 4. The lowest BCUT2D eigenvalue weighted by Crippen LogP contribution is -2.38. The number of amides is 1. The summed E-state index contributed by atoms with van der Waals surface area (Å²) in [6.45, 7) is 3.75. The maximum Gasteiger partial charge on any atom is 0.409 e. The normalized spacial score (nSPS) is 17.9. The fourth-order valence-electron chi connectivity index (χ4n) is 2.96. The molecule has 0 unspecified atom stereocenters. The lowest BCUT2D eigenvalue weighted by Gasteiger charge is -2.33. The quantitative estimate of drug-likeness (QED) is 0.842. The monoisotopic (exact) mass is 276 g/mol. The van der Waals surface area contributed by atoms with Crippen LogP contribution in [0.5, 0.6) is 5.75 Å². The molecule has 20 heavy (non-hydrogen) atoms. The van der Waals surface area contributed by atoms with Crippen molar-refractivity contribution in [1.29, 1.82) is 0 Å². The van der Waals surface area contributed by atoms with E-state index < -0.39 is 0 Å². The Labute approximate surface area is 119 Å². The van der Waals surface area contributed by atoms with Crippen LogP contribution in [0.3, 0.4) is 0 Å². The SMILES string of the molecule is COc1cccc2c1N(CCN1CCOC1=O)CCC2. The average Bonchev–Trinajstić information content (AvgIpc) is 2.89. The molecule has 2 heterocycles. The van der Waals surface area contributed by atoms with E-state index in [1.165, 1.54) is 11.3 Å². The zero-order chi connectivity index (χ0) is 13.9. The highest BCUT2D eigenvalue weighted by Crippen LogP contribution is 2.35. The second-order valence-electron chi connectivity index (χ2n) is 5.16. The molecule has 5 heteroatoms. The van der Waals surface area contributed by atoms with Crippen molar-refractivity contribution in [2.24, 2.45) is 0 Å². The Morgan fingerprint density at radius 2 is 2.10 bits per heavy atom. The van der Waals surface area contributed by atoms with Crippen molar-refractivity contribution in [3.05, 3.63) is 23.8 Å². The van der Waals surface area contributed by atoms with Gasteiger partial charge in [0.15, 0.2) is 0 Å². The van der Waals surface area contributed by atoms with Gasteiger partial charge in [0.25, 0.3) is 0 Å². The first-order valence-corrected chi connectivity index (χ1v) is 7.12. The van der Waals surface area contributed by atoms with Crippen LogP contribution in [-0.2, 0) is 11.2 Å². The summed E-state index contributed by atoms with van der Waals surface area (Å²) < 4.78 is 10.5. The number of ether oxygens (including phenoxy) is 2. The van der Waals surface area contributed by atoms with E-state index in [2.05, 4.69) is 11.0 Å². The van der Waals surface area contributed by atoms with Crippen molar-refractivity contribution < 1.29 is 14.3 Å². The summed E-state index contributed by atoms with van der Waals surface area (Å²) in [4.78, 5) is 15.6. The van der Waals surface area contributed by atoms with Gasteiger partial charge >= 0.3 is 6.09 Å². The third-order valence-corrected chi connectivity index (χ3v) is 3.98. The molecule has 0 saturated carbocycles. The van der Waals surface area contributed by atoms with E-state index in [-0.39, 0.29) is 6.09 Å². The smallest absolute Gasteiger partial charge is 0.409 e. The number of aryl methyl sites for hydroxylation is 1. The number of nitrogens with zero attached hydrogens (tertiary/aromatic N) is 2. The molecule has 1 fully saturated rings. The third-order valence-electron chi connectivity index (χ3n) is 3.98. The minimum Gasteiger partial charge on any atom is -0.495 e. The minimum atomic E-state index is -0.192. The molecule has 0 N–H and O–H groups in total. The van der Waals surface area contributed by atoms with Gasteiger partial charge < -0.3 is 19.3 Å². The van der Waals surface area contributed by atoms with Gasteiger partial charge in [-0.15, -0.1) is 0 Å². The molecule has 0 atom stereocenters. The molecule has 1 aromatic rings. The summed E-state index contributed by atoms with van der Waals surface area (Å²) in [6.07, 6.45) is 2.04. The number of rotatable bonds is 4. The van der Waals surface area contributed by atoms with E-state index in [0.717, 1.165) is 31.7 Å². The first-order valence-electron chi connectivity index (χ1n) is 7.12. The number of para-hydroxylation sites is 1. The van der Waals surface area contributed by atoms with Gasteiger partial charge in [-0.1, -0.05) is 12.1 Å². The summed E-state index contributed by atoms with van der Waals surface area (Å²) in [7, 11) is 1.71. The molecule has 2 aliphatic heterocycles. The lowest BCUT2D eigenvalue weighted by atomic mass is 10.0. The first kappa shape index (κ1) is 13.1. The predicted octanol–water partition coefficient (Wildman–Crippen LogP) is 1.90. The van der Waals surface area contributed by atoms with Gasteiger partial charge in [0, 0.05) is 19.6 Å². The number of cyclic esters (lactones) is 1. The van der Waals surface area contributed by atoms with Crippen molar-refractivity contribution in [3.8, 4) is 5.75 Å². The number of carbonyl (C=O) groups excluding carboxylic acids is 1. The maximum absolute atomic E-state index is 11.5. The van der Waals surface area contributed by atoms with E-state index in [1.54, 1.807) is 12.0 Å². The molecule has 0 aromatic heterocycles. The zero-order valence-corrected chi connectivity index (χ0v) is 11.8. The number of benzene rings is 1. The molecular formula is C15H20N2O3. The molecule has 0 radical (unpaired) electrons. The fraction of sp³-hybridized carbons (Fsp3) is 0.533. The van der Waals surface area contributed by atoms with E-state index >= 15 is 0 Å². The van der Waals surface area contributed by atoms with Crippen LogP contribution in [-0.4, -0.2) is 50.9 Å². The third kappa shape index (κ3) is 2.40. The van der Waals surface area contributed by atoms with Crippen LogP contribution < -0.4 is 9.64 Å². The molecule has 108 valence electrons. The predicted molar refractivity (Wildman–Crippen MR) is 76.4 cm³/mol. The van der Waals surface area contributed by atoms with Crippen LogP contribution >= 0.6 is 0 Å². The largest absolute Gasteiger partial charge is 0.495 e. The van der Waals surface area contributed by atoms with Gasteiger partial charge in [-0.25, -0.2) is 4.79 Å². The molecule has 5 nitrogen and oxygen atoms in total. The van der Waals surface area contributed by atoms with Crippen LogP contribution in [0.1, 0.15) is 12.0 Å². The second-order valence-corrected chi connectivity index (χ2v) is 5.16. The highest BCUT2D eigenvalue weighted by Gasteiger charge is 2.25. The van der Waals surface area contributed by atoms with Crippen LogP contribution in [0.25, 0.3) is 0 Å². The first-order chi connectivity index (χ1) is 9.79. The molecule has 0 aliphatic carbocycles. The van der Waals surface area contributed by atoms with Gasteiger partial charge in [0.2, 0.25) is 0 Å². The molecule has 0 bridgehead atoms. The van der Waals surface area contributed by atoms with Crippen molar-refractivity contribution in [3.63, 3.8) is 0 Å². The van der Waals surface area contributed by atoms with Gasteiger partial charge in [-0.05, 0) is 24.5 Å². The standard InChI is InChI=1S/C15H20N2O3/c1-19-13-6-2-4-12-5-3-7-16(14(12)13)8-9-17-10-11-20-15(17)18/h2,4,6H,3,5,7-11H2,1H3. The lowest BCUT2D eigenvalue weighted by molar-refractivity contribution is 0.159. The Bertz CT molecular complexity index is 490. The van der Waals surface area contributed by atoms with Crippen molar-refractivity contribution >= 4 is 11.8 Å². The molecule has 3 rings (SSSR count). The Hall–Kier alpha value is -1.91. The number of methoxy groups -OCH3 is 1.